The quantitative estimate of drug-likeness (QED) is 0.906. The van der Waals surface area contributed by atoms with Crippen LogP contribution in [0.4, 0.5) is 0 Å². The van der Waals surface area contributed by atoms with Crippen LogP contribution in [-0.2, 0) is 9.84 Å². The maximum atomic E-state index is 12.1. The molecule has 0 radical (unpaired) electrons. The third-order valence-corrected chi connectivity index (χ3v) is 5.87. The van der Waals surface area contributed by atoms with Gasteiger partial charge in [-0.05, 0) is 30.4 Å². The van der Waals surface area contributed by atoms with Gasteiger partial charge in [-0.25, -0.2) is 8.42 Å². The minimum atomic E-state index is -3.09. The molecule has 0 spiro atoms. The monoisotopic (exact) mass is 281 g/mol. The molecule has 0 aromatic heterocycles. The highest BCUT2D eigenvalue weighted by molar-refractivity contribution is 7.91. The molecule has 2 unspecified atom stereocenters. The van der Waals surface area contributed by atoms with Gasteiger partial charge in [-0.1, -0.05) is 39.0 Å². The van der Waals surface area contributed by atoms with Gasteiger partial charge in [-0.3, -0.25) is 0 Å². The van der Waals surface area contributed by atoms with E-state index in [4.69, 9.17) is 0 Å². The first kappa shape index (κ1) is 14.5. The summed E-state index contributed by atoms with van der Waals surface area (Å²) in [6.07, 6.45) is 0.653. The summed E-state index contributed by atoms with van der Waals surface area (Å²) in [4.78, 5) is 0.500. The lowest BCUT2D eigenvalue weighted by Gasteiger charge is -2.35. The zero-order chi connectivity index (χ0) is 14.3. The van der Waals surface area contributed by atoms with Crippen molar-refractivity contribution in [2.24, 2.45) is 5.41 Å². The first-order chi connectivity index (χ1) is 8.72. The predicted octanol–water partition coefficient (Wildman–Crippen LogP) is 2.93. The van der Waals surface area contributed by atoms with E-state index in [2.05, 4.69) is 33.0 Å². The Bertz CT molecular complexity index is 558. The number of rotatable bonds is 2. The van der Waals surface area contributed by atoms with E-state index in [1.54, 1.807) is 12.1 Å². The van der Waals surface area contributed by atoms with Gasteiger partial charge in [-0.2, -0.15) is 0 Å². The fraction of sp³-hybridized carbons (Fsp3) is 0.600. The molecule has 106 valence electrons. The molecule has 0 aliphatic carbocycles. The van der Waals surface area contributed by atoms with E-state index in [0.717, 1.165) is 5.56 Å². The van der Waals surface area contributed by atoms with Crippen LogP contribution in [-0.4, -0.2) is 20.2 Å². The minimum absolute atomic E-state index is 0.133. The van der Waals surface area contributed by atoms with Crippen LogP contribution in [0.3, 0.4) is 0 Å². The maximum Gasteiger partial charge on any atom is 0.178 e. The number of benzene rings is 1. The molecule has 0 fully saturated rings. The number of sulfone groups is 1. The van der Waals surface area contributed by atoms with Crippen molar-refractivity contribution >= 4 is 9.84 Å². The summed E-state index contributed by atoms with van der Waals surface area (Å²) in [6.45, 7) is 8.73. The number of hydrogen-bond donors (Lipinski definition) is 1. The molecular formula is C15H23NO2S. The SMILES string of the molecule is CC(NC1CCS(=O)(=O)c2ccccc21)C(C)(C)C. The van der Waals surface area contributed by atoms with Crippen molar-refractivity contribution in [3.63, 3.8) is 0 Å². The molecule has 2 rings (SSSR count). The lowest BCUT2D eigenvalue weighted by Crippen LogP contribution is -2.42. The second-order valence-electron chi connectivity index (χ2n) is 6.45. The lowest BCUT2D eigenvalue weighted by molar-refractivity contribution is 0.258. The van der Waals surface area contributed by atoms with Crippen LogP contribution in [0.25, 0.3) is 0 Å². The molecule has 4 heteroatoms. The standard InChI is InChI=1S/C15H23NO2S/c1-11(15(2,3)4)16-13-9-10-19(17,18)14-8-6-5-7-12(13)14/h5-8,11,13,16H,9-10H2,1-4H3. The van der Waals surface area contributed by atoms with Gasteiger partial charge in [0, 0.05) is 12.1 Å². The Kier molecular flexibility index (Phi) is 3.76. The summed E-state index contributed by atoms with van der Waals surface area (Å²) in [5.74, 6) is 0.235. The molecule has 19 heavy (non-hydrogen) atoms. The predicted molar refractivity (Wildman–Crippen MR) is 77.9 cm³/mol. The number of hydrogen-bond acceptors (Lipinski definition) is 3. The van der Waals surface area contributed by atoms with Crippen LogP contribution in [0.2, 0.25) is 0 Å². The Morgan fingerprint density at radius 1 is 1.26 bits per heavy atom. The molecular weight excluding hydrogens is 258 g/mol. The smallest absolute Gasteiger partial charge is 0.178 e. The van der Waals surface area contributed by atoms with Crippen LogP contribution in [0, 0.1) is 5.41 Å². The van der Waals surface area contributed by atoms with Crippen LogP contribution in [0.1, 0.15) is 45.7 Å². The van der Waals surface area contributed by atoms with Gasteiger partial charge in [0.05, 0.1) is 10.6 Å². The molecule has 0 amide bonds. The van der Waals surface area contributed by atoms with E-state index in [9.17, 15) is 8.42 Å². The van der Waals surface area contributed by atoms with Gasteiger partial charge in [0.2, 0.25) is 0 Å². The average Bonchev–Trinajstić information content (AvgIpc) is 2.32. The van der Waals surface area contributed by atoms with Crippen LogP contribution >= 0.6 is 0 Å². The van der Waals surface area contributed by atoms with E-state index >= 15 is 0 Å². The minimum Gasteiger partial charge on any atom is -0.307 e. The van der Waals surface area contributed by atoms with Crippen LogP contribution in [0.5, 0.6) is 0 Å². The fourth-order valence-corrected chi connectivity index (χ4v) is 3.94. The van der Waals surface area contributed by atoms with Crippen molar-refractivity contribution in [2.45, 2.75) is 51.1 Å². The molecule has 1 aliphatic heterocycles. The van der Waals surface area contributed by atoms with Crippen molar-refractivity contribution in [3.05, 3.63) is 29.8 Å². The third kappa shape index (κ3) is 3.00. The van der Waals surface area contributed by atoms with Crippen LogP contribution < -0.4 is 5.32 Å². The van der Waals surface area contributed by atoms with E-state index in [1.807, 2.05) is 12.1 Å². The van der Waals surface area contributed by atoms with Crippen molar-refractivity contribution in [3.8, 4) is 0 Å². The van der Waals surface area contributed by atoms with Gasteiger partial charge < -0.3 is 5.32 Å². The van der Waals surface area contributed by atoms with Gasteiger partial charge >= 0.3 is 0 Å². The normalized spacial score (nSPS) is 23.7. The third-order valence-electron chi connectivity index (χ3n) is 4.05. The van der Waals surface area contributed by atoms with E-state index < -0.39 is 9.84 Å². The summed E-state index contributed by atoms with van der Waals surface area (Å²) >= 11 is 0. The van der Waals surface area contributed by atoms with Gasteiger partial charge in [-0.15, -0.1) is 0 Å². The summed E-state index contributed by atoms with van der Waals surface area (Å²) in [6, 6.07) is 7.82. The lowest BCUT2D eigenvalue weighted by atomic mass is 9.87. The zero-order valence-corrected chi connectivity index (χ0v) is 12.9. The van der Waals surface area contributed by atoms with E-state index in [0.29, 0.717) is 17.4 Å². The first-order valence-corrected chi connectivity index (χ1v) is 8.45. The summed E-state index contributed by atoms with van der Waals surface area (Å²) in [5.41, 5.74) is 1.08. The Morgan fingerprint density at radius 2 is 1.89 bits per heavy atom. The molecule has 3 nitrogen and oxygen atoms in total. The van der Waals surface area contributed by atoms with E-state index in [-0.39, 0.29) is 17.2 Å². The molecule has 1 aromatic carbocycles. The molecule has 1 N–H and O–H groups in total. The second-order valence-corrected chi connectivity index (χ2v) is 8.53. The summed E-state index contributed by atoms with van der Waals surface area (Å²) in [5, 5.41) is 3.59. The maximum absolute atomic E-state index is 12.1. The Morgan fingerprint density at radius 3 is 2.53 bits per heavy atom. The van der Waals surface area contributed by atoms with Crippen molar-refractivity contribution in [1.82, 2.24) is 5.32 Å². The van der Waals surface area contributed by atoms with Gasteiger partial charge in [0.15, 0.2) is 9.84 Å². The molecule has 0 saturated carbocycles. The van der Waals surface area contributed by atoms with Gasteiger partial charge in [0.25, 0.3) is 0 Å². The Labute approximate surface area is 116 Å². The Balaban J connectivity index is 2.31. The fourth-order valence-electron chi connectivity index (χ4n) is 2.31. The van der Waals surface area contributed by atoms with Gasteiger partial charge in [0.1, 0.15) is 0 Å². The molecule has 1 heterocycles. The highest BCUT2D eigenvalue weighted by atomic mass is 32.2. The van der Waals surface area contributed by atoms with Crippen molar-refractivity contribution in [2.75, 3.05) is 5.75 Å². The molecule has 1 aliphatic rings. The number of fused-ring (bicyclic) bond motifs is 1. The van der Waals surface area contributed by atoms with Crippen molar-refractivity contribution in [1.29, 1.82) is 0 Å². The summed E-state index contributed by atoms with van der Waals surface area (Å²) in [7, 11) is -3.09. The molecule has 2 atom stereocenters. The highest BCUT2D eigenvalue weighted by Crippen LogP contribution is 2.33. The first-order valence-electron chi connectivity index (χ1n) is 6.79. The zero-order valence-electron chi connectivity index (χ0n) is 12.1. The topological polar surface area (TPSA) is 46.2 Å². The molecule has 1 aromatic rings. The molecule has 0 bridgehead atoms. The number of nitrogens with one attached hydrogen (secondary N) is 1. The average molecular weight is 281 g/mol. The van der Waals surface area contributed by atoms with E-state index in [1.165, 1.54) is 0 Å². The Hall–Kier alpha value is -0.870. The van der Waals surface area contributed by atoms with Crippen LogP contribution in [0.15, 0.2) is 29.2 Å². The second kappa shape index (κ2) is 4.91. The van der Waals surface area contributed by atoms with Crippen molar-refractivity contribution < 1.29 is 8.42 Å². The largest absolute Gasteiger partial charge is 0.307 e. The molecule has 0 saturated heterocycles. The summed E-state index contributed by atoms with van der Waals surface area (Å²) < 4.78 is 24.1. The highest BCUT2D eigenvalue weighted by Gasteiger charge is 2.32.